The largest absolute Gasteiger partial charge is 0.355 e. The summed E-state index contributed by atoms with van der Waals surface area (Å²) in [4.78, 5) is 11.3. The molecule has 0 aliphatic carbocycles. The number of hydrogen-bond acceptors (Lipinski definition) is 5. The van der Waals surface area contributed by atoms with Crippen molar-refractivity contribution in [1.82, 2.24) is 25.7 Å². The maximum absolute atomic E-state index is 5.91. The van der Waals surface area contributed by atoms with Crippen LogP contribution in [0.25, 0.3) is 11.4 Å². The summed E-state index contributed by atoms with van der Waals surface area (Å²) in [7, 11) is 1.76. The maximum Gasteiger partial charge on any atom is 0.246 e. The van der Waals surface area contributed by atoms with E-state index >= 15 is 0 Å². The van der Waals surface area contributed by atoms with E-state index in [4.69, 9.17) is 16.1 Å². The second-order valence-corrected chi connectivity index (χ2v) is 7.40. The Morgan fingerprint density at radius 1 is 1.28 bits per heavy atom. The zero-order valence-corrected chi connectivity index (χ0v) is 20.1. The van der Waals surface area contributed by atoms with Crippen molar-refractivity contribution < 1.29 is 4.52 Å². The molecule has 1 atom stereocenters. The van der Waals surface area contributed by atoms with Gasteiger partial charge in [-0.2, -0.15) is 4.98 Å². The van der Waals surface area contributed by atoms with Crippen molar-refractivity contribution in [2.45, 2.75) is 45.2 Å². The number of piperidine rings is 1. The molecule has 1 unspecified atom stereocenters. The summed E-state index contributed by atoms with van der Waals surface area (Å²) < 4.78 is 5.32. The molecule has 0 bridgehead atoms. The summed E-state index contributed by atoms with van der Waals surface area (Å²) in [5.74, 6) is 1.79. The molecular formula is C20H30ClIN6O. The second kappa shape index (κ2) is 12.3. The third-order valence-electron chi connectivity index (χ3n) is 5.11. The molecule has 1 fully saturated rings. The van der Waals surface area contributed by atoms with E-state index in [-0.39, 0.29) is 24.0 Å². The first kappa shape index (κ1) is 23.9. The first-order valence-corrected chi connectivity index (χ1v) is 10.3. The number of aromatic nitrogens is 2. The van der Waals surface area contributed by atoms with E-state index in [1.54, 1.807) is 7.05 Å². The Labute approximate surface area is 194 Å². The standard InChI is InChI=1S/C20H29ClN6O.HI/c1-3-17-6-4-5-12-27(17)13-11-23-20(22-2)24-14-18-25-19(26-28-18)15-7-9-16(21)10-8-15;/h7-10,17H,3-6,11-14H2,1-2H3,(H2,22,23,24);1H. The molecule has 2 aromatic rings. The van der Waals surface area contributed by atoms with Gasteiger partial charge in [0.25, 0.3) is 0 Å². The van der Waals surface area contributed by atoms with Crippen LogP contribution in [0.15, 0.2) is 33.8 Å². The molecular weight excluding hydrogens is 503 g/mol. The molecule has 0 amide bonds. The third kappa shape index (κ3) is 7.11. The lowest BCUT2D eigenvalue weighted by molar-refractivity contribution is 0.147. The molecule has 9 heteroatoms. The van der Waals surface area contributed by atoms with Gasteiger partial charge in [-0.15, -0.1) is 24.0 Å². The molecule has 1 aliphatic heterocycles. The van der Waals surface area contributed by atoms with Crippen molar-refractivity contribution in [3.63, 3.8) is 0 Å². The lowest BCUT2D eigenvalue weighted by atomic mass is 10.0. The van der Waals surface area contributed by atoms with E-state index in [1.165, 1.54) is 32.2 Å². The smallest absolute Gasteiger partial charge is 0.246 e. The zero-order valence-electron chi connectivity index (χ0n) is 17.0. The van der Waals surface area contributed by atoms with Gasteiger partial charge in [0.15, 0.2) is 5.96 Å². The monoisotopic (exact) mass is 532 g/mol. The number of rotatable bonds is 7. The van der Waals surface area contributed by atoms with Crippen LogP contribution >= 0.6 is 35.6 Å². The van der Waals surface area contributed by atoms with Crippen LogP contribution in [0.2, 0.25) is 5.02 Å². The minimum absolute atomic E-state index is 0. The Kier molecular flexibility index (Phi) is 10.2. The Morgan fingerprint density at radius 3 is 2.79 bits per heavy atom. The quantitative estimate of drug-likeness (QED) is 0.320. The van der Waals surface area contributed by atoms with Crippen LogP contribution in [0.1, 0.15) is 38.5 Å². The van der Waals surface area contributed by atoms with Gasteiger partial charge in [0.05, 0.1) is 6.54 Å². The third-order valence-corrected chi connectivity index (χ3v) is 5.36. The summed E-state index contributed by atoms with van der Waals surface area (Å²) in [5, 5.41) is 11.3. The summed E-state index contributed by atoms with van der Waals surface area (Å²) in [6.07, 6.45) is 5.20. The van der Waals surface area contributed by atoms with Crippen molar-refractivity contribution in [2.24, 2.45) is 4.99 Å². The van der Waals surface area contributed by atoms with Gasteiger partial charge in [-0.25, -0.2) is 0 Å². The van der Waals surface area contributed by atoms with Crippen molar-refractivity contribution in [1.29, 1.82) is 0 Å². The fourth-order valence-corrected chi connectivity index (χ4v) is 3.68. The van der Waals surface area contributed by atoms with Crippen molar-refractivity contribution in [2.75, 3.05) is 26.7 Å². The van der Waals surface area contributed by atoms with Gasteiger partial charge < -0.3 is 15.2 Å². The minimum atomic E-state index is 0. The molecule has 1 aromatic carbocycles. The van der Waals surface area contributed by atoms with Crippen LogP contribution in [0.5, 0.6) is 0 Å². The number of aliphatic imine (C=N–C) groups is 1. The fraction of sp³-hybridized carbons (Fsp3) is 0.550. The van der Waals surface area contributed by atoms with E-state index in [0.29, 0.717) is 23.3 Å². The molecule has 1 aliphatic rings. The average Bonchev–Trinajstić information content (AvgIpc) is 3.20. The zero-order chi connectivity index (χ0) is 19.8. The highest BCUT2D eigenvalue weighted by molar-refractivity contribution is 14.0. The molecule has 0 radical (unpaired) electrons. The maximum atomic E-state index is 5.91. The second-order valence-electron chi connectivity index (χ2n) is 6.96. The Balaban J connectivity index is 0.00000300. The van der Waals surface area contributed by atoms with Gasteiger partial charge in [0.2, 0.25) is 11.7 Å². The van der Waals surface area contributed by atoms with Crippen LogP contribution in [0, 0.1) is 0 Å². The van der Waals surface area contributed by atoms with Gasteiger partial charge in [-0.3, -0.25) is 9.89 Å². The number of nitrogens with one attached hydrogen (secondary N) is 2. The van der Waals surface area contributed by atoms with E-state index in [9.17, 15) is 0 Å². The molecule has 29 heavy (non-hydrogen) atoms. The molecule has 3 rings (SSSR count). The van der Waals surface area contributed by atoms with Crippen molar-refractivity contribution >= 4 is 41.5 Å². The normalized spacial score (nSPS) is 17.6. The SMILES string of the molecule is CCC1CCCCN1CCNC(=NC)NCc1nc(-c2ccc(Cl)cc2)no1.I. The number of likely N-dealkylation sites (tertiary alicyclic amines) is 1. The Hall–Kier alpha value is -1.39. The van der Waals surface area contributed by atoms with Gasteiger partial charge in [0.1, 0.15) is 0 Å². The van der Waals surface area contributed by atoms with Crippen LogP contribution in [0.4, 0.5) is 0 Å². The van der Waals surface area contributed by atoms with E-state index in [1.807, 2.05) is 24.3 Å². The Morgan fingerprint density at radius 2 is 2.07 bits per heavy atom. The van der Waals surface area contributed by atoms with Crippen molar-refractivity contribution in [3.8, 4) is 11.4 Å². The predicted molar refractivity (Wildman–Crippen MR) is 128 cm³/mol. The van der Waals surface area contributed by atoms with Crippen LogP contribution in [0.3, 0.4) is 0 Å². The highest BCUT2D eigenvalue weighted by Crippen LogP contribution is 2.19. The van der Waals surface area contributed by atoms with E-state index in [0.717, 1.165) is 30.7 Å². The van der Waals surface area contributed by atoms with E-state index in [2.05, 4.69) is 37.6 Å². The molecule has 0 saturated carbocycles. The highest BCUT2D eigenvalue weighted by atomic mass is 127. The van der Waals surface area contributed by atoms with Crippen LogP contribution in [-0.2, 0) is 6.54 Å². The first-order chi connectivity index (χ1) is 13.7. The number of halogens is 2. The lowest BCUT2D eigenvalue weighted by Gasteiger charge is -2.35. The predicted octanol–water partition coefficient (Wildman–Crippen LogP) is 3.94. The number of benzene rings is 1. The first-order valence-electron chi connectivity index (χ1n) is 9.96. The lowest BCUT2D eigenvalue weighted by Crippen LogP contribution is -2.45. The van der Waals surface area contributed by atoms with Gasteiger partial charge in [-0.05, 0) is 50.1 Å². The minimum Gasteiger partial charge on any atom is -0.355 e. The molecule has 0 spiro atoms. The number of hydrogen-bond donors (Lipinski definition) is 2. The van der Waals surface area contributed by atoms with Crippen LogP contribution in [-0.4, -0.2) is 53.7 Å². The molecule has 1 aromatic heterocycles. The summed E-state index contributed by atoms with van der Waals surface area (Å²) >= 11 is 5.91. The number of guanidine groups is 1. The topological polar surface area (TPSA) is 78.6 Å². The van der Waals surface area contributed by atoms with Gasteiger partial charge in [-0.1, -0.05) is 30.1 Å². The van der Waals surface area contributed by atoms with Crippen molar-refractivity contribution in [3.05, 3.63) is 35.2 Å². The fourth-order valence-electron chi connectivity index (χ4n) is 3.56. The summed E-state index contributed by atoms with van der Waals surface area (Å²) in [5.41, 5.74) is 0.869. The highest BCUT2D eigenvalue weighted by Gasteiger charge is 2.20. The molecule has 160 valence electrons. The van der Waals surface area contributed by atoms with Crippen LogP contribution < -0.4 is 10.6 Å². The van der Waals surface area contributed by atoms with Gasteiger partial charge in [0, 0.05) is 36.8 Å². The Bertz CT molecular complexity index is 767. The summed E-state index contributed by atoms with van der Waals surface area (Å²) in [6.45, 7) is 5.78. The molecule has 1 saturated heterocycles. The molecule has 2 heterocycles. The van der Waals surface area contributed by atoms with Gasteiger partial charge >= 0.3 is 0 Å². The molecule has 7 nitrogen and oxygen atoms in total. The average molecular weight is 533 g/mol. The molecule has 2 N–H and O–H groups in total. The number of nitrogens with zero attached hydrogens (tertiary/aromatic N) is 4. The van der Waals surface area contributed by atoms with E-state index < -0.39 is 0 Å². The summed E-state index contributed by atoms with van der Waals surface area (Å²) in [6, 6.07) is 8.07.